The Balaban J connectivity index is 1.88. The van der Waals surface area contributed by atoms with Crippen molar-refractivity contribution in [2.24, 2.45) is 0 Å². The highest BCUT2D eigenvalue weighted by molar-refractivity contribution is 7.10. The van der Waals surface area contributed by atoms with Crippen LogP contribution in [0.1, 0.15) is 26.8 Å². The molecule has 0 radical (unpaired) electrons. The zero-order valence-electron chi connectivity index (χ0n) is 14.0. The molecule has 2 aromatic carbocycles. The van der Waals surface area contributed by atoms with Crippen LogP contribution in [-0.2, 0) is 4.79 Å². The van der Waals surface area contributed by atoms with Gasteiger partial charge in [-0.25, -0.2) is 4.39 Å². The molecule has 136 valence electrons. The highest BCUT2D eigenvalue weighted by Crippen LogP contribution is 2.38. The first-order valence-corrected chi connectivity index (χ1v) is 9.48. The molecule has 0 aliphatic carbocycles. The van der Waals surface area contributed by atoms with Gasteiger partial charge >= 0.3 is 0 Å². The quantitative estimate of drug-likeness (QED) is 0.676. The Labute approximate surface area is 164 Å². The molecule has 1 aliphatic rings. The second-order valence-electron chi connectivity index (χ2n) is 6.14. The van der Waals surface area contributed by atoms with Crippen LogP contribution >= 0.6 is 22.9 Å². The lowest BCUT2D eigenvalue weighted by Gasteiger charge is -2.29. The van der Waals surface area contributed by atoms with Crippen molar-refractivity contribution in [3.63, 3.8) is 0 Å². The van der Waals surface area contributed by atoms with Gasteiger partial charge in [0.1, 0.15) is 12.4 Å². The van der Waals surface area contributed by atoms with Gasteiger partial charge in [-0.05, 0) is 47.8 Å². The molecular formula is C20H14ClFN2O2S. The number of carbonyl (C=O) groups is 2. The van der Waals surface area contributed by atoms with Crippen molar-refractivity contribution in [2.75, 3.05) is 11.9 Å². The Morgan fingerprint density at radius 3 is 2.78 bits per heavy atom. The van der Waals surface area contributed by atoms with Gasteiger partial charge in [0, 0.05) is 26.7 Å². The number of fused-ring (bicyclic) bond motifs is 1. The standard InChI is InChI=1S/C20H14ClFN2O2S/c21-13-4-1-3-12(9-13)20(26)24-11-18(25)23-16-7-6-14(22)10-15(16)19(24)17-5-2-8-27-17/h1-10,19H,11H2,(H,23,25). The van der Waals surface area contributed by atoms with Crippen LogP contribution in [0.25, 0.3) is 0 Å². The molecule has 2 heterocycles. The number of thiophene rings is 1. The van der Waals surface area contributed by atoms with E-state index in [0.29, 0.717) is 21.8 Å². The number of hydrogen-bond acceptors (Lipinski definition) is 3. The Morgan fingerprint density at radius 1 is 1.19 bits per heavy atom. The molecule has 4 nitrogen and oxygen atoms in total. The Bertz CT molecular complexity index is 1020. The fourth-order valence-electron chi connectivity index (χ4n) is 3.21. The van der Waals surface area contributed by atoms with E-state index in [1.165, 1.54) is 34.4 Å². The van der Waals surface area contributed by atoms with Crippen LogP contribution < -0.4 is 5.32 Å². The summed E-state index contributed by atoms with van der Waals surface area (Å²) >= 11 is 7.48. The maximum absolute atomic E-state index is 14.0. The lowest BCUT2D eigenvalue weighted by Crippen LogP contribution is -2.38. The smallest absolute Gasteiger partial charge is 0.255 e. The predicted octanol–water partition coefficient (Wildman–Crippen LogP) is 4.72. The summed E-state index contributed by atoms with van der Waals surface area (Å²) in [5.41, 5.74) is 1.41. The molecule has 7 heteroatoms. The molecule has 0 spiro atoms. The van der Waals surface area contributed by atoms with E-state index in [-0.39, 0.29) is 18.4 Å². The molecule has 0 saturated carbocycles. The average molecular weight is 401 g/mol. The van der Waals surface area contributed by atoms with Crippen molar-refractivity contribution in [1.29, 1.82) is 0 Å². The largest absolute Gasteiger partial charge is 0.324 e. The van der Waals surface area contributed by atoms with E-state index in [1.54, 1.807) is 24.3 Å². The first-order valence-electron chi connectivity index (χ1n) is 8.22. The Morgan fingerprint density at radius 2 is 2.04 bits per heavy atom. The lowest BCUT2D eigenvalue weighted by atomic mass is 10.0. The molecule has 1 unspecified atom stereocenters. The van der Waals surface area contributed by atoms with E-state index in [0.717, 1.165) is 4.88 Å². The summed E-state index contributed by atoms with van der Waals surface area (Å²) < 4.78 is 14.0. The summed E-state index contributed by atoms with van der Waals surface area (Å²) in [6.45, 7) is -0.149. The molecule has 1 atom stereocenters. The van der Waals surface area contributed by atoms with Gasteiger partial charge in [0.05, 0.1) is 6.04 Å². The fraction of sp³-hybridized carbons (Fsp3) is 0.100. The summed E-state index contributed by atoms with van der Waals surface area (Å²) in [6, 6.07) is 13.9. The van der Waals surface area contributed by atoms with Crippen LogP contribution in [-0.4, -0.2) is 23.3 Å². The van der Waals surface area contributed by atoms with Crippen LogP contribution in [0.3, 0.4) is 0 Å². The number of amides is 2. The van der Waals surface area contributed by atoms with E-state index in [1.807, 2.05) is 17.5 Å². The molecule has 0 fully saturated rings. The van der Waals surface area contributed by atoms with E-state index in [2.05, 4.69) is 5.32 Å². The fourth-order valence-corrected chi connectivity index (χ4v) is 4.25. The number of hydrogen-bond donors (Lipinski definition) is 1. The number of rotatable bonds is 2. The molecular weight excluding hydrogens is 387 g/mol. The summed E-state index contributed by atoms with van der Waals surface area (Å²) in [5.74, 6) is -1.11. The first kappa shape index (κ1) is 17.7. The minimum atomic E-state index is -0.582. The molecule has 4 rings (SSSR count). The second-order valence-corrected chi connectivity index (χ2v) is 7.56. The number of nitrogens with zero attached hydrogens (tertiary/aromatic N) is 1. The van der Waals surface area contributed by atoms with E-state index in [9.17, 15) is 14.0 Å². The van der Waals surface area contributed by atoms with Gasteiger partial charge in [-0.15, -0.1) is 11.3 Å². The predicted molar refractivity (Wildman–Crippen MR) is 104 cm³/mol. The number of benzene rings is 2. The second kappa shape index (κ2) is 7.13. The minimum absolute atomic E-state index is 0.149. The molecule has 0 saturated heterocycles. The molecule has 1 aliphatic heterocycles. The van der Waals surface area contributed by atoms with Crippen LogP contribution in [0.5, 0.6) is 0 Å². The van der Waals surface area contributed by atoms with Crippen molar-refractivity contribution in [2.45, 2.75) is 6.04 Å². The zero-order valence-corrected chi connectivity index (χ0v) is 15.6. The Hall–Kier alpha value is -2.70. The van der Waals surface area contributed by atoms with Crippen LogP contribution in [0.4, 0.5) is 10.1 Å². The third-order valence-electron chi connectivity index (χ3n) is 4.35. The molecule has 2 amide bonds. The van der Waals surface area contributed by atoms with Gasteiger partial charge in [-0.2, -0.15) is 0 Å². The highest BCUT2D eigenvalue weighted by atomic mass is 35.5. The normalized spacial score (nSPS) is 16.4. The molecule has 27 heavy (non-hydrogen) atoms. The number of carbonyl (C=O) groups excluding carboxylic acids is 2. The van der Waals surface area contributed by atoms with Crippen LogP contribution in [0, 0.1) is 5.82 Å². The molecule has 1 aromatic heterocycles. The van der Waals surface area contributed by atoms with Gasteiger partial charge in [0.25, 0.3) is 5.91 Å². The number of nitrogens with one attached hydrogen (secondary N) is 1. The maximum atomic E-state index is 14.0. The average Bonchev–Trinajstić information content (AvgIpc) is 3.12. The van der Waals surface area contributed by atoms with Crippen LogP contribution in [0.15, 0.2) is 60.0 Å². The summed E-state index contributed by atoms with van der Waals surface area (Å²) in [5, 5.41) is 5.08. The summed E-state index contributed by atoms with van der Waals surface area (Å²) in [4.78, 5) is 28.0. The number of anilines is 1. The van der Waals surface area contributed by atoms with Crippen molar-refractivity contribution >= 4 is 40.4 Å². The van der Waals surface area contributed by atoms with Crippen molar-refractivity contribution in [3.05, 3.63) is 86.8 Å². The third kappa shape index (κ3) is 3.46. The monoisotopic (exact) mass is 400 g/mol. The molecule has 3 aromatic rings. The third-order valence-corrected chi connectivity index (χ3v) is 5.51. The van der Waals surface area contributed by atoms with Crippen molar-refractivity contribution < 1.29 is 14.0 Å². The molecule has 0 bridgehead atoms. The SMILES string of the molecule is O=C1CN(C(=O)c2cccc(Cl)c2)C(c2cccs2)c2cc(F)ccc2N1. The minimum Gasteiger partial charge on any atom is -0.324 e. The van der Waals surface area contributed by atoms with Gasteiger partial charge in [0.15, 0.2) is 0 Å². The van der Waals surface area contributed by atoms with Crippen molar-refractivity contribution in [3.8, 4) is 0 Å². The summed E-state index contributed by atoms with van der Waals surface area (Å²) in [7, 11) is 0. The van der Waals surface area contributed by atoms with E-state index in [4.69, 9.17) is 11.6 Å². The summed E-state index contributed by atoms with van der Waals surface area (Å²) in [6.07, 6.45) is 0. The Kier molecular flexibility index (Phi) is 4.68. The first-order chi connectivity index (χ1) is 13.0. The highest BCUT2D eigenvalue weighted by Gasteiger charge is 2.34. The van der Waals surface area contributed by atoms with Gasteiger partial charge in [0.2, 0.25) is 5.91 Å². The van der Waals surface area contributed by atoms with Crippen LogP contribution in [0.2, 0.25) is 5.02 Å². The van der Waals surface area contributed by atoms with Gasteiger partial charge in [-0.1, -0.05) is 23.7 Å². The topological polar surface area (TPSA) is 49.4 Å². The zero-order chi connectivity index (χ0) is 19.0. The lowest BCUT2D eigenvalue weighted by molar-refractivity contribution is -0.117. The van der Waals surface area contributed by atoms with Gasteiger partial charge < -0.3 is 10.2 Å². The molecule has 1 N–H and O–H groups in total. The maximum Gasteiger partial charge on any atom is 0.255 e. The van der Waals surface area contributed by atoms with Gasteiger partial charge in [-0.3, -0.25) is 9.59 Å². The van der Waals surface area contributed by atoms with Crippen molar-refractivity contribution in [1.82, 2.24) is 4.90 Å². The van der Waals surface area contributed by atoms with E-state index < -0.39 is 11.9 Å². The van der Waals surface area contributed by atoms with E-state index >= 15 is 0 Å². The number of halogens is 2.